The third-order valence-corrected chi connectivity index (χ3v) is 2.03. The normalized spacial score (nSPS) is 10.8. The molecular formula is C10H14FN. The minimum atomic E-state index is -0.307. The molecule has 0 spiro atoms. The van der Waals surface area contributed by atoms with E-state index in [1.165, 1.54) is 6.07 Å². The molecule has 0 unspecified atom stereocenters. The van der Waals surface area contributed by atoms with Crippen LogP contribution in [0.2, 0.25) is 0 Å². The highest BCUT2D eigenvalue weighted by Crippen LogP contribution is 2.22. The fourth-order valence-corrected chi connectivity index (χ4v) is 1.12. The molecule has 12 heavy (non-hydrogen) atoms. The first-order chi connectivity index (χ1) is 5.52. The van der Waals surface area contributed by atoms with Gasteiger partial charge in [0.05, 0.1) is 5.69 Å². The van der Waals surface area contributed by atoms with E-state index in [2.05, 4.69) is 0 Å². The van der Waals surface area contributed by atoms with Crippen LogP contribution in [0.25, 0.3) is 0 Å². The summed E-state index contributed by atoms with van der Waals surface area (Å²) in [7, 11) is 0. The van der Waals surface area contributed by atoms with Crippen molar-refractivity contribution in [3.05, 3.63) is 29.1 Å². The summed E-state index contributed by atoms with van der Waals surface area (Å²) in [6, 6.07) is 3.44. The van der Waals surface area contributed by atoms with E-state index in [-0.39, 0.29) is 11.5 Å². The molecular weight excluding hydrogens is 153 g/mol. The number of hydrogen-bond acceptors (Lipinski definition) is 1. The van der Waals surface area contributed by atoms with Crippen molar-refractivity contribution < 1.29 is 4.39 Å². The van der Waals surface area contributed by atoms with Gasteiger partial charge in [-0.1, -0.05) is 19.9 Å². The molecule has 0 atom stereocenters. The highest BCUT2D eigenvalue weighted by atomic mass is 19.1. The molecule has 0 aromatic heterocycles. The highest BCUT2D eigenvalue weighted by Gasteiger charge is 2.06. The first-order valence-electron chi connectivity index (χ1n) is 4.08. The van der Waals surface area contributed by atoms with Gasteiger partial charge in [0.25, 0.3) is 0 Å². The summed E-state index contributed by atoms with van der Waals surface area (Å²) < 4.78 is 13.1. The van der Waals surface area contributed by atoms with E-state index in [1.807, 2.05) is 26.8 Å². The zero-order valence-electron chi connectivity index (χ0n) is 7.69. The Morgan fingerprint density at radius 3 is 2.33 bits per heavy atom. The second kappa shape index (κ2) is 3.13. The summed E-state index contributed by atoms with van der Waals surface area (Å²) in [6.45, 7) is 5.89. The van der Waals surface area contributed by atoms with Crippen LogP contribution in [0.5, 0.6) is 0 Å². The first-order valence-corrected chi connectivity index (χ1v) is 4.08. The highest BCUT2D eigenvalue weighted by molar-refractivity contribution is 5.49. The van der Waals surface area contributed by atoms with Gasteiger partial charge in [-0.05, 0) is 30.0 Å². The van der Waals surface area contributed by atoms with E-state index < -0.39 is 0 Å². The molecule has 66 valence electrons. The zero-order chi connectivity index (χ0) is 9.30. The van der Waals surface area contributed by atoms with E-state index in [0.29, 0.717) is 5.92 Å². The van der Waals surface area contributed by atoms with Crippen LogP contribution in [0.1, 0.15) is 30.9 Å². The molecule has 2 N–H and O–H groups in total. The van der Waals surface area contributed by atoms with Gasteiger partial charge in [-0.3, -0.25) is 0 Å². The third-order valence-electron chi connectivity index (χ3n) is 2.03. The summed E-state index contributed by atoms with van der Waals surface area (Å²) in [5.74, 6) is 0.0394. The Kier molecular flexibility index (Phi) is 2.36. The van der Waals surface area contributed by atoms with Crippen molar-refractivity contribution in [1.82, 2.24) is 0 Å². The Labute approximate surface area is 72.4 Å². The average Bonchev–Trinajstić information content (AvgIpc) is 1.99. The number of rotatable bonds is 1. The van der Waals surface area contributed by atoms with Crippen LogP contribution in [-0.4, -0.2) is 0 Å². The first kappa shape index (κ1) is 9.04. The molecule has 0 radical (unpaired) electrons. The van der Waals surface area contributed by atoms with E-state index in [4.69, 9.17) is 5.73 Å². The molecule has 0 amide bonds. The molecule has 0 saturated heterocycles. The molecule has 0 bridgehead atoms. The van der Waals surface area contributed by atoms with Gasteiger partial charge in [-0.15, -0.1) is 0 Å². The van der Waals surface area contributed by atoms with Gasteiger partial charge in [0, 0.05) is 0 Å². The number of anilines is 1. The van der Waals surface area contributed by atoms with Gasteiger partial charge in [0.15, 0.2) is 0 Å². The lowest BCUT2D eigenvalue weighted by molar-refractivity contribution is 0.627. The number of halogens is 1. The molecule has 1 aromatic carbocycles. The van der Waals surface area contributed by atoms with Crippen LogP contribution in [0, 0.1) is 12.7 Å². The Morgan fingerprint density at radius 1 is 1.33 bits per heavy atom. The average molecular weight is 167 g/mol. The number of nitrogen functional groups attached to an aromatic ring is 1. The lowest BCUT2D eigenvalue weighted by atomic mass is 10.00. The lowest BCUT2D eigenvalue weighted by Crippen LogP contribution is -1.97. The van der Waals surface area contributed by atoms with Crippen LogP contribution >= 0.6 is 0 Å². The van der Waals surface area contributed by atoms with Crippen LogP contribution in [0.4, 0.5) is 10.1 Å². The van der Waals surface area contributed by atoms with Gasteiger partial charge >= 0.3 is 0 Å². The smallest absolute Gasteiger partial charge is 0.146 e. The third kappa shape index (κ3) is 1.58. The summed E-state index contributed by atoms with van der Waals surface area (Å²) in [4.78, 5) is 0. The maximum Gasteiger partial charge on any atom is 0.146 e. The predicted molar refractivity (Wildman–Crippen MR) is 49.6 cm³/mol. The Bertz CT molecular complexity index is 269. The van der Waals surface area contributed by atoms with Crippen molar-refractivity contribution in [1.29, 1.82) is 0 Å². The number of benzene rings is 1. The van der Waals surface area contributed by atoms with E-state index in [0.717, 1.165) is 11.1 Å². The number of hydrogen-bond donors (Lipinski definition) is 1. The molecule has 0 fully saturated rings. The van der Waals surface area contributed by atoms with Crippen molar-refractivity contribution in [2.75, 3.05) is 5.73 Å². The van der Waals surface area contributed by atoms with Crippen molar-refractivity contribution in [2.24, 2.45) is 0 Å². The van der Waals surface area contributed by atoms with Gasteiger partial charge in [0.1, 0.15) is 5.82 Å². The number of nitrogens with two attached hydrogens (primary N) is 1. The zero-order valence-corrected chi connectivity index (χ0v) is 7.69. The quantitative estimate of drug-likeness (QED) is 0.639. The Balaban J connectivity index is 3.21. The monoisotopic (exact) mass is 167 g/mol. The molecule has 0 aliphatic heterocycles. The summed E-state index contributed by atoms with van der Waals surface area (Å²) in [5, 5.41) is 0. The van der Waals surface area contributed by atoms with Gasteiger partial charge in [0.2, 0.25) is 0 Å². The Hall–Kier alpha value is -1.05. The van der Waals surface area contributed by atoms with Crippen LogP contribution < -0.4 is 5.73 Å². The maximum atomic E-state index is 13.1. The van der Waals surface area contributed by atoms with Gasteiger partial charge in [-0.2, -0.15) is 0 Å². The topological polar surface area (TPSA) is 26.0 Å². The minimum absolute atomic E-state index is 0.263. The molecule has 1 rings (SSSR count). The second-order valence-electron chi connectivity index (χ2n) is 3.39. The van der Waals surface area contributed by atoms with Crippen molar-refractivity contribution >= 4 is 5.69 Å². The van der Waals surface area contributed by atoms with E-state index in [1.54, 1.807) is 0 Å². The number of aryl methyl sites for hydroxylation is 1. The van der Waals surface area contributed by atoms with E-state index >= 15 is 0 Å². The predicted octanol–water partition coefficient (Wildman–Crippen LogP) is 2.84. The SMILES string of the molecule is Cc1cc(C(C)C)cc(F)c1N. The molecule has 1 aromatic rings. The standard InChI is InChI=1S/C10H14FN/c1-6(2)8-4-7(3)10(12)9(11)5-8/h4-6H,12H2,1-3H3. The van der Waals surface area contributed by atoms with Gasteiger partial charge < -0.3 is 5.73 Å². The van der Waals surface area contributed by atoms with Crippen LogP contribution in [-0.2, 0) is 0 Å². The summed E-state index contributed by atoms with van der Waals surface area (Å²) in [6.07, 6.45) is 0. The van der Waals surface area contributed by atoms with Crippen molar-refractivity contribution in [3.8, 4) is 0 Å². The second-order valence-corrected chi connectivity index (χ2v) is 3.39. The maximum absolute atomic E-state index is 13.1. The van der Waals surface area contributed by atoms with E-state index in [9.17, 15) is 4.39 Å². The fourth-order valence-electron chi connectivity index (χ4n) is 1.12. The Morgan fingerprint density at radius 2 is 1.92 bits per heavy atom. The molecule has 0 aliphatic rings. The molecule has 0 aliphatic carbocycles. The van der Waals surface area contributed by atoms with Crippen molar-refractivity contribution in [3.63, 3.8) is 0 Å². The van der Waals surface area contributed by atoms with Gasteiger partial charge in [-0.25, -0.2) is 4.39 Å². The molecule has 0 heterocycles. The van der Waals surface area contributed by atoms with Crippen LogP contribution in [0.3, 0.4) is 0 Å². The molecule has 1 nitrogen and oxygen atoms in total. The van der Waals surface area contributed by atoms with Crippen LogP contribution in [0.15, 0.2) is 12.1 Å². The lowest BCUT2D eigenvalue weighted by Gasteiger charge is -2.08. The molecule has 0 saturated carbocycles. The summed E-state index contributed by atoms with van der Waals surface area (Å²) >= 11 is 0. The molecule has 2 heteroatoms. The van der Waals surface area contributed by atoms with Crippen molar-refractivity contribution in [2.45, 2.75) is 26.7 Å². The summed E-state index contributed by atoms with van der Waals surface area (Å²) in [5.41, 5.74) is 7.56. The fraction of sp³-hybridized carbons (Fsp3) is 0.400. The largest absolute Gasteiger partial charge is 0.396 e. The minimum Gasteiger partial charge on any atom is -0.396 e.